The normalized spacial score (nSPS) is 13.7. The van der Waals surface area contributed by atoms with Crippen LogP contribution in [0.1, 0.15) is 31.4 Å². The van der Waals surface area contributed by atoms with E-state index in [4.69, 9.17) is 4.74 Å². The number of halogens is 1. The molecular formula is C18H21BrO2. The van der Waals surface area contributed by atoms with Crippen molar-refractivity contribution in [2.24, 2.45) is 0 Å². The number of aliphatic hydroxyl groups is 1. The topological polar surface area (TPSA) is 29.5 Å². The molecule has 0 aliphatic rings. The Bertz CT molecular complexity index is 559. The maximum absolute atomic E-state index is 10.7. The highest BCUT2D eigenvalue weighted by Gasteiger charge is 2.23. The fraction of sp³-hybridized carbons (Fsp3) is 0.333. The molecule has 0 spiro atoms. The Hall–Kier alpha value is -1.32. The molecule has 0 aliphatic heterocycles. The van der Waals surface area contributed by atoms with Gasteiger partial charge < -0.3 is 9.84 Å². The molecule has 0 amide bonds. The summed E-state index contributed by atoms with van der Waals surface area (Å²) in [6.07, 6.45) is 1.57. The van der Waals surface area contributed by atoms with E-state index in [1.54, 1.807) is 0 Å². The first-order valence-electron chi connectivity index (χ1n) is 7.21. The van der Waals surface area contributed by atoms with Crippen LogP contribution in [0.2, 0.25) is 0 Å². The van der Waals surface area contributed by atoms with Crippen molar-refractivity contribution in [2.45, 2.75) is 32.3 Å². The molecule has 112 valence electrons. The molecular weight excluding hydrogens is 328 g/mol. The summed E-state index contributed by atoms with van der Waals surface area (Å²) in [4.78, 5) is 0. The minimum atomic E-state index is -0.892. The van der Waals surface area contributed by atoms with Crippen LogP contribution in [0.3, 0.4) is 0 Å². The van der Waals surface area contributed by atoms with Crippen LogP contribution in [0, 0.1) is 0 Å². The molecule has 1 atom stereocenters. The molecule has 0 aliphatic carbocycles. The van der Waals surface area contributed by atoms with E-state index in [9.17, 15) is 5.11 Å². The Kier molecular flexibility index (Phi) is 5.43. The smallest absolute Gasteiger partial charge is 0.119 e. The molecule has 1 unspecified atom stereocenters. The molecule has 0 heterocycles. The molecule has 0 saturated carbocycles. The van der Waals surface area contributed by atoms with Gasteiger partial charge in [-0.3, -0.25) is 0 Å². The van der Waals surface area contributed by atoms with Crippen molar-refractivity contribution in [3.63, 3.8) is 0 Å². The highest BCUT2D eigenvalue weighted by molar-refractivity contribution is 9.10. The van der Waals surface area contributed by atoms with Crippen molar-refractivity contribution in [1.29, 1.82) is 0 Å². The largest absolute Gasteiger partial charge is 0.494 e. The van der Waals surface area contributed by atoms with E-state index in [0.717, 1.165) is 27.8 Å². The van der Waals surface area contributed by atoms with Crippen molar-refractivity contribution in [3.05, 3.63) is 64.1 Å². The van der Waals surface area contributed by atoms with Gasteiger partial charge in [0.2, 0.25) is 0 Å². The highest BCUT2D eigenvalue weighted by atomic mass is 79.9. The zero-order valence-corrected chi connectivity index (χ0v) is 14.1. The van der Waals surface area contributed by atoms with Crippen LogP contribution in [0.4, 0.5) is 0 Å². The minimum absolute atomic E-state index is 0.579. The van der Waals surface area contributed by atoms with Crippen LogP contribution in [0.5, 0.6) is 5.75 Å². The lowest BCUT2D eigenvalue weighted by molar-refractivity contribution is 0.0576. The average molecular weight is 349 g/mol. The van der Waals surface area contributed by atoms with Gasteiger partial charge in [-0.15, -0.1) is 0 Å². The first kappa shape index (κ1) is 16.1. The second-order valence-corrected chi connectivity index (χ2v) is 6.37. The summed E-state index contributed by atoms with van der Waals surface area (Å²) in [5.74, 6) is 0.847. The third-order valence-electron chi connectivity index (χ3n) is 3.41. The van der Waals surface area contributed by atoms with Crippen molar-refractivity contribution >= 4 is 15.9 Å². The zero-order chi connectivity index (χ0) is 15.3. The summed E-state index contributed by atoms with van der Waals surface area (Å²) >= 11 is 3.42. The molecule has 0 aromatic heterocycles. The van der Waals surface area contributed by atoms with Gasteiger partial charge in [0.15, 0.2) is 0 Å². The van der Waals surface area contributed by atoms with Crippen LogP contribution >= 0.6 is 15.9 Å². The predicted molar refractivity (Wildman–Crippen MR) is 89.6 cm³/mol. The van der Waals surface area contributed by atoms with Crippen LogP contribution in [0.25, 0.3) is 0 Å². The Morgan fingerprint density at radius 3 is 2.24 bits per heavy atom. The molecule has 2 aromatic rings. The Morgan fingerprint density at radius 1 is 1.05 bits per heavy atom. The Balaban J connectivity index is 2.09. The fourth-order valence-electron chi connectivity index (χ4n) is 2.23. The second kappa shape index (κ2) is 7.10. The van der Waals surface area contributed by atoms with Gasteiger partial charge in [-0.05, 0) is 48.7 Å². The van der Waals surface area contributed by atoms with Gasteiger partial charge >= 0.3 is 0 Å². The molecule has 0 radical (unpaired) electrons. The Morgan fingerprint density at radius 2 is 1.67 bits per heavy atom. The van der Waals surface area contributed by atoms with E-state index in [1.807, 2.05) is 55.5 Å². The SMILES string of the molecule is CCCOc1ccc(C(C)(O)Cc2ccc(Br)cc2)cc1. The standard InChI is InChI=1S/C18H21BrO2/c1-3-12-21-17-10-6-15(7-11-17)18(2,20)13-14-4-8-16(19)9-5-14/h4-11,20H,3,12-13H2,1-2H3. The third kappa shape index (κ3) is 4.58. The lowest BCUT2D eigenvalue weighted by atomic mass is 9.89. The maximum atomic E-state index is 10.7. The molecule has 0 fully saturated rings. The van der Waals surface area contributed by atoms with E-state index in [0.29, 0.717) is 13.0 Å². The predicted octanol–water partition coefficient (Wildman–Crippen LogP) is 4.69. The Labute approximate surface area is 134 Å². The van der Waals surface area contributed by atoms with Gasteiger partial charge in [0.1, 0.15) is 5.75 Å². The van der Waals surface area contributed by atoms with Gasteiger partial charge in [0.25, 0.3) is 0 Å². The van der Waals surface area contributed by atoms with Gasteiger partial charge in [-0.1, -0.05) is 47.1 Å². The van der Waals surface area contributed by atoms with E-state index in [1.165, 1.54) is 0 Å². The molecule has 2 aromatic carbocycles. The van der Waals surface area contributed by atoms with Crippen molar-refractivity contribution in [2.75, 3.05) is 6.61 Å². The van der Waals surface area contributed by atoms with Gasteiger partial charge in [-0.25, -0.2) is 0 Å². The molecule has 1 N–H and O–H groups in total. The number of rotatable bonds is 6. The number of benzene rings is 2. The molecule has 0 saturated heterocycles. The first-order chi connectivity index (χ1) is 10.0. The molecule has 2 nitrogen and oxygen atoms in total. The quantitative estimate of drug-likeness (QED) is 0.820. The maximum Gasteiger partial charge on any atom is 0.119 e. The second-order valence-electron chi connectivity index (χ2n) is 5.45. The number of ether oxygens (including phenoxy) is 1. The monoisotopic (exact) mass is 348 g/mol. The number of hydrogen-bond acceptors (Lipinski definition) is 2. The summed E-state index contributed by atoms with van der Waals surface area (Å²) in [5, 5.41) is 10.7. The average Bonchev–Trinajstić information content (AvgIpc) is 2.48. The minimum Gasteiger partial charge on any atom is -0.494 e. The summed E-state index contributed by atoms with van der Waals surface area (Å²) in [6, 6.07) is 15.7. The van der Waals surface area contributed by atoms with Crippen LogP contribution in [-0.2, 0) is 12.0 Å². The highest BCUT2D eigenvalue weighted by Crippen LogP contribution is 2.27. The van der Waals surface area contributed by atoms with E-state index < -0.39 is 5.60 Å². The molecule has 2 rings (SSSR count). The van der Waals surface area contributed by atoms with Crippen LogP contribution in [0.15, 0.2) is 53.0 Å². The molecule has 3 heteroatoms. The van der Waals surface area contributed by atoms with Gasteiger partial charge in [0.05, 0.1) is 12.2 Å². The van der Waals surface area contributed by atoms with Crippen molar-refractivity contribution < 1.29 is 9.84 Å². The van der Waals surface area contributed by atoms with Crippen molar-refractivity contribution in [3.8, 4) is 5.75 Å². The molecule has 21 heavy (non-hydrogen) atoms. The van der Waals surface area contributed by atoms with Gasteiger partial charge in [-0.2, -0.15) is 0 Å². The van der Waals surface area contributed by atoms with Crippen LogP contribution in [-0.4, -0.2) is 11.7 Å². The number of hydrogen-bond donors (Lipinski definition) is 1. The lowest BCUT2D eigenvalue weighted by Crippen LogP contribution is -2.24. The summed E-state index contributed by atoms with van der Waals surface area (Å²) < 4.78 is 6.61. The van der Waals surface area contributed by atoms with E-state index >= 15 is 0 Å². The van der Waals surface area contributed by atoms with Crippen LogP contribution < -0.4 is 4.74 Å². The van der Waals surface area contributed by atoms with Crippen molar-refractivity contribution in [1.82, 2.24) is 0 Å². The lowest BCUT2D eigenvalue weighted by Gasteiger charge is -2.24. The molecule has 0 bridgehead atoms. The fourth-order valence-corrected chi connectivity index (χ4v) is 2.50. The summed E-state index contributed by atoms with van der Waals surface area (Å²) in [6.45, 7) is 4.64. The summed E-state index contributed by atoms with van der Waals surface area (Å²) in [5.41, 5.74) is 1.11. The zero-order valence-electron chi connectivity index (χ0n) is 12.5. The van der Waals surface area contributed by atoms with E-state index in [2.05, 4.69) is 22.9 Å². The summed E-state index contributed by atoms with van der Waals surface area (Å²) in [7, 11) is 0. The first-order valence-corrected chi connectivity index (χ1v) is 8.01. The van der Waals surface area contributed by atoms with E-state index in [-0.39, 0.29) is 0 Å². The third-order valence-corrected chi connectivity index (χ3v) is 3.94. The van der Waals surface area contributed by atoms with Gasteiger partial charge in [0, 0.05) is 10.9 Å².